The largest absolute Gasteiger partial charge is 0.302 e. The van der Waals surface area contributed by atoms with Crippen LogP contribution < -0.4 is 5.32 Å². The zero-order chi connectivity index (χ0) is 22.9. The molecule has 3 heterocycles. The van der Waals surface area contributed by atoms with E-state index in [1.807, 2.05) is 0 Å². The monoisotopic (exact) mass is 496 g/mol. The van der Waals surface area contributed by atoms with Crippen LogP contribution in [0.1, 0.15) is 12.8 Å². The van der Waals surface area contributed by atoms with Gasteiger partial charge in [-0.2, -0.15) is 4.31 Å². The van der Waals surface area contributed by atoms with E-state index < -0.39 is 20.8 Å². The lowest BCUT2D eigenvalue weighted by Gasteiger charge is -2.30. The summed E-state index contributed by atoms with van der Waals surface area (Å²) in [6, 6.07) is 6.09. The summed E-state index contributed by atoms with van der Waals surface area (Å²) < 4.78 is 39.8. The highest BCUT2D eigenvalue weighted by molar-refractivity contribution is 7.89. The van der Waals surface area contributed by atoms with Gasteiger partial charge in [0.1, 0.15) is 5.82 Å². The lowest BCUT2D eigenvalue weighted by molar-refractivity contribution is -0.384. The van der Waals surface area contributed by atoms with E-state index in [2.05, 4.69) is 10.3 Å². The quantitative estimate of drug-likeness (QED) is 0.407. The first-order valence-electron chi connectivity index (χ1n) is 9.49. The van der Waals surface area contributed by atoms with Crippen molar-refractivity contribution in [2.24, 2.45) is 5.92 Å². The Hall–Kier alpha value is -2.74. The predicted molar refractivity (Wildman–Crippen MR) is 119 cm³/mol. The molecule has 32 heavy (non-hydrogen) atoms. The van der Waals surface area contributed by atoms with Crippen molar-refractivity contribution in [2.45, 2.75) is 17.7 Å². The summed E-state index contributed by atoms with van der Waals surface area (Å²) in [6.45, 7) is 0.361. The summed E-state index contributed by atoms with van der Waals surface area (Å²) in [5.74, 6) is -1.13. The number of hydrogen-bond donors (Lipinski definition) is 1. The van der Waals surface area contributed by atoms with Crippen LogP contribution in [0.15, 0.2) is 46.0 Å². The number of halogens is 1. The Labute approximate surface area is 190 Å². The number of amides is 1. The minimum Gasteiger partial charge on any atom is -0.302 e. The molecule has 1 aliphatic rings. The van der Waals surface area contributed by atoms with E-state index in [0.717, 1.165) is 12.1 Å². The number of hydrogen-bond acceptors (Lipinski definition) is 8. The summed E-state index contributed by atoms with van der Waals surface area (Å²) in [5, 5.41) is 17.1. The van der Waals surface area contributed by atoms with Crippen LogP contribution in [-0.4, -0.2) is 41.6 Å². The number of aromatic nitrogens is 1. The zero-order valence-electron chi connectivity index (χ0n) is 16.4. The molecule has 1 fully saturated rings. The highest BCUT2D eigenvalue weighted by atomic mass is 32.2. The Morgan fingerprint density at radius 1 is 1.19 bits per heavy atom. The fourth-order valence-corrected chi connectivity index (χ4v) is 6.40. The van der Waals surface area contributed by atoms with Crippen molar-refractivity contribution in [1.29, 1.82) is 0 Å². The van der Waals surface area contributed by atoms with Crippen LogP contribution >= 0.6 is 22.7 Å². The molecule has 1 saturated heterocycles. The second kappa shape index (κ2) is 9.02. The average Bonchev–Trinajstić information content (AvgIpc) is 3.44. The second-order valence-corrected chi connectivity index (χ2v) is 10.8. The SMILES string of the molecule is O=C(Nc1nc(-c2cc([N+](=O)[O-])cs2)cs1)C1CCN(S(=O)(=O)c2ccc(F)cc2)CC1. The van der Waals surface area contributed by atoms with Gasteiger partial charge < -0.3 is 5.32 Å². The highest BCUT2D eigenvalue weighted by Gasteiger charge is 2.32. The van der Waals surface area contributed by atoms with Gasteiger partial charge >= 0.3 is 0 Å². The molecular formula is C19H17FN4O5S3. The minimum atomic E-state index is -3.74. The van der Waals surface area contributed by atoms with Crippen molar-refractivity contribution in [3.05, 3.63) is 57.0 Å². The molecule has 1 amide bonds. The Bertz CT molecular complexity index is 1250. The molecule has 2 aromatic heterocycles. The van der Waals surface area contributed by atoms with Gasteiger partial charge in [0.2, 0.25) is 15.9 Å². The molecule has 0 saturated carbocycles. The molecule has 0 atom stereocenters. The van der Waals surface area contributed by atoms with Crippen LogP contribution in [0.4, 0.5) is 15.2 Å². The summed E-state index contributed by atoms with van der Waals surface area (Å²) in [4.78, 5) is 28.0. The van der Waals surface area contributed by atoms with Gasteiger partial charge in [0.05, 0.1) is 25.8 Å². The maximum atomic E-state index is 13.1. The van der Waals surface area contributed by atoms with Crippen molar-refractivity contribution in [2.75, 3.05) is 18.4 Å². The van der Waals surface area contributed by atoms with Crippen molar-refractivity contribution in [3.63, 3.8) is 0 Å². The van der Waals surface area contributed by atoms with E-state index in [1.54, 1.807) is 5.38 Å². The number of benzene rings is 1. The highest BCUT2D eigenvalue weighted by Crippen LogP contribution is 2.33. The first-order chi connectivity index (χ1) is 15.2. The zero-order valence-corrected chi connectivity index (χ0v) is 18.9. The molecule has 0 aliphatic carbocycles. The van der Waals surface area contributed by atoms with Crippen molar-refractivity contribution >= 4 is 49.4 Å². The smallest absolute Gasteiger partial charge is 0.280 e. The third-order valence-corrected chi connectivity index (χ3v) is 8.67. The Balaban J connectivity index is 1.35. The van der Waals surface area contributed by atoms with Crippen LogP contribution in [0.25, 0.3) is 10.6 Å². The first-order valence-corrected chi connectivity index (χ1v) is 12.7. The van der Waals surface area contributed by atoms with E-state index >= 15 is 0 Å². The second-order valence-electron chi connectivity index (χ2n) is 7.09. The van der Waals surface area contributed by atoms with Gasteiger partial charge in [-0.25, -0.2) is 17.8 Å². The number of carbonyl (C=O) groups excluding carboxylic acids is 1. The molecule has 0 spiro atoms. The molecular weight excluding hydrogens is 479 g/mol. The lowest BCUT2D eigenvalue weighted by atomic mass is 9.97. The van der Waals surface area contributed by atoms with Gasteiger partial charge in [0.15, 0.2) is 5.13 Å². The Kier molecular flexibility index (Phi) is 6.33. The van der Waals surface area contributed by atoms with Crippen molar-refractivity contribution < 1.29 is 22.5 Å². The Morgan fingerprint density at radius 2 is 1.88 bits per heavy atom. The molecule has 13 heteroatoms. The minimum absolute atomic E-state index is 0.00839. The summed E-state index contributed by atoms with van der Waals surface area (Å²) in [6.07, 6.45) is 0.698. The van der Waals surface area contributed by atoms with E-state index in [9.17, 15) is 27.7 Å². The van der Waals surface area contributed by atoms with Crippen LogP contribution in [0, 0.1) is 21.8 Å². The molecule has 168 valence electrons. The number of nitrogens with zero attached hydrogens (tertiary/aromatic N) is 3. The number of thiazole rings is 1. The molecule has 4 rings (SSSR count). The standard InChI is InChI=1S/C19H17FN4O5S3/c20-13-1-3-15(4-2-13)32(28,29)23-7-5-12(6-8-23)18(25)22-19-21-16(11-31-19)17-9-14(10-30-17)24(26)27/h1-4,9-12H,5-8H2,(H,21,22,25). The number of carbonyl (C=O) groups is 1. The normalized spacial score (nSPS) is 15.5. The molecule has 0 bridgehead atoms. The number of nitro groups is 1. The number of thiophene rings is 1. The maximum absolute atomic E-state index is 13.1. The van der Waals surface area contributed by atoms with Crippen LogP contribution in [0.5, 0.6) is 0 Å². The van der Waals surface area contributed by atoms with Crippen molar-refractivity contribution in [1.82, 2.24) is 9.29 Å². The van der Waals surface area contributed by atoms with Gasteiger partial charge in [-0.1, -0.05) is 0 Å². The third kappa shape index (κ3) is 4.70. The van der Waals surface area contributed by atoms with Crippen molar-refractivity contribution in [3.8, 4) is 10.6 Å². The Morgan fingerprint density at radius 3 is 2.50 bits per heavy atom. The maximum Gasteiger partial charge on any atom is 0.280 e. The molecule has 0 radical (unpaired) electrons. The summed E-state index contributed by atoms with van der Waals surface area (Å²) in [7, 11) is -3.74. The predicted octanol–water partition coefficient (Wildman–Crippen LogP) is 3.96. The lowest BCUT2D eigenvalue weighted by Crippen LogP contribution is -2.41. The van der Waals surface area contributed by atoms with E-state index in [0.29, 0.717) is 28.5 Å². The van der Waals surface area contributed by atoms with Gasteiger partial charge in [-0.3, -0.25) is 14.9 Å². The third-order valence-electron chi connectivity index (χ3n) is 5.06. The fraction of sp³-hybridized carbons (Fsp3) is 0.263. The summed E-state index contributed by atoms with van der Waals surface area (Å²) in [5.41, 5.74) is 0.537. The molecule has 0 unspecified atom stereocenters. The van der Waals surface area contributed by atoms with Crippen LogP contribution in [0.3, 0.4) is 0 Å². The van der Waals surface area contributed by atoms with Gasteiger partial charge in [-0.05, 0) is 37.1 Å². The molecule has 3 aromatic rings. The number of sulfonamides is 1. The number of piperidine rings is 1. The van der Waals surface area contributed by atoms with Crippen LogP contribution in [0.2, 0.25) is 0 Å². The average molecular weight is 497 g/mol. The molecule has 1 N–H and O–H groups in total. The molecule has 1 aromatic carbocycles. The van der Waals surface area contributed by atoms with Gasteiger partial charge in [0, 0.05) is 30.5 Å². The molecule has 1 aliphatic heterocycles. The van der Waals surface area contributed by atoms with Gasteiger partial charge in [-0.15, -0.1) is 22.7 Å². The molecule has 9 nitrogen and oxygen atoms in total. The van der Waals surface area contributed by atoms with Crippen LogP contribution in [-0.2, 0) is 14.8 Å². The number of rotatable bonds is 6. The van der Waals surface area contributed by atoms with E-state index in [1.165, 1.54) is 50.6 Å². The topological polar surface area (TPSA) is 123 Å². The first kappa shape index (κ1) is 22.5. The van der Waals surface area contributed by atoms with E-state index in [-0.39, 0.29) is 35.5 Å². The summed E-state index contributed by atoms with van der Waals surface area (Å²) >= 11 is 2.41. The fourth-order valence-electron chi connectivity index (χ4n) is 3.32. The van der Waals surface area contributed by atoms with E-state index in [4.69, 9.17) is 0 Å². The van der Waals surface area contributed by atoms with Gasteiger partial charge in [0.25, 0.3) is 5.69 Å². The number of nitrogens with one attached hydrogen (secondary N) is 1. The number of anilines is 1.